The Morgan fingerprint density at radius 1 is 1.56 bits per heavy atom. The first kappa shape index (κ1) is 12.6. The Hall–Kier alpha value is -1.84. The largest absolute Gasteiger partial charge is 0.341 e. The number of guanidine groups is 1. The summed E-state index contributed by atoms with van der Waals surface area (Å²) in [5.41, 5.74) is 0.976. The normalized spacial score (nSPS) is 17.9. The van der Waals surface area contributed by atoms with E-state index in [4.69, 9.17) is 21.6 Å². The second kappa shape index (κ2) is 5.67. The molecule has 1 saturated heterocycles. The number of hydrogen-bond donors (Lipinski definition) is 0. The molecular weight excluding hydrogens is 254 g/mol. The summed E-state index contributed by atoms with van der Waals surface area (Å²) < 4.78 is 5.38. The molecule has 0 radical (unpaired) electrons. The van der Waals surface area contributed by atoms with Crippen molar-refractivity contribution in [3.8, 4) is 6.19 Å². The number of pyridine rings is 1. The summed E-state index contributed by atoms with van der Waals surface area (Å²) in [7, 11) is 1.82. The molecule has 7 heteroatoms. The first-order valence-electron chi connectivity index (χ1n) is 5.31. The molecule has 1 fully saturated rings. The molecule has 1 aliphatic heterocycles. The van der Waals surface area contributed by atoms with Crippen LogP contribution in [0.5, 0.6) is 0 Å². The maximum Gasteiger partial charge on any atom is 0.216 e. The number of hydrogen-bond acceptors (Lipinski definition) is 4. The zero-order chi connectivity index (χ0) is 13.0. The molecule has 0 atom stereocenters. The summed E-state index contributed by atoms with van der Waals surface area (Å²) in [6.07, 6.45) is 3.50. The van der Waals surface area contributed by atoms with Crippen LogP contribution in [-0.2, 0) is 11.3 Å². The van der Waals surface area contributed by atoms with E-state index in [2.05, 4.69) is 9.98 Å². The van der Waals surface area contributed by atoms with Crippen LogP contribution in [0, 0.1) is 11.5 Å². The fraction of sp³-hybridized carbons (Fsp3) is 0.364. The first-order chi connectivity index (χ1) is 8.70. The fourth-order valence-electron chi connectivity index (χ4n) is 1.68. The molecule has 0 spiro atoms. The fourth-order valence-corrected chi connectivity index (χ4v) is 1.79. The molecule has 0 unspecified atom stereocenters. The Kier molecular flexibility index (Phi) is 3.97. The molecule has 1 aromatic rings. The molecule has 1 aromatic heterocycles. The zero-order valence-electron chi connectivity index (χ0n) is 9.88. The molecule has 18 heavy (non-hydrogen) atoms. The van der Waals surface area contributed by atoms with E-state index in [1.165, 1.54) is 0 Å². The lowest BCUT2D eigenvalue weighted by molar-refractivity contribution is -0.0209. The Morgan fingerprint density at radius 2 is 2.39 bits per heavy atom. The van der Waals surface area contributed by atoms with E-state index in [0.29, 0.717) is 31.1 Å². The van der Waals surface area contributed by atoms with Crippen molar-refractivity contribution < 1.29 is 4.74 Å². The molecular formula is C11H12ClN5O. The summed E-state index contributed by atoms with van der Waals surface area (Å²) in [5, 5.41) is 9.15. The van der Waals surface area contributed by atoms with Crippen LogP contribution in [0.15, 0.2) is 23.3 Å². The zero-order valence-corrected chi connectivity index (χ0v) is 10.6. The van der Waals surface area contributed by atoms with Gasteiger partial charge in [0.15, 0.2) is 0 Å². The highest BCUT2D eigenvalue weighted by Gasteiger charge is 2.21. The van der Waals surface area contributed by atoms with Crippen LogP contribution < -0.4 is 0 Å². The first-order valence-corrected chi connectivity index (χ1v) is 5.69. The number of ether oxygens (including phenoxy) is 1. The second-order valence-electron chi connectivity index (χ2n) is 3.86. The Bertz CT molecular complexity index is 481. The predicted octanol–water partition coefficient (Wildman–Crippen LogP) is 1.25. The van der Waals surface area contributed by atoms with Crippen molar-refractivity contribution in [3.63, 3.8) is 0 Å². The number of nitrogens with zero attached hydrogens (tertiary/aromatic N) is 5. The Balaban J connectivity index is 2.14. The highest BCUT2D eigenvalue weighted by Crippen LogP contribution is 2.12. The minimum atomic E-state index is 0.396. The molecule has 0 aliphatic carbocycles. The lowest BCUT2D eigenvalue weighted by Gasteiger charge is -2.35. The second-order valence-corrected chi connectivity index (χ2v) is 4.25. The lowest BCUT2D eigenvalue weighted by atomic mass is 10.3. The Morgan fingerprint density at radius 3 is 3.06 bits per heavy atom. The van der Waals surface area contributed by atoms with Gasteiger partial charge in [-0.05, 0) is 11.6 Å². The average Bonchev–Trinajstić information content (AvgIpc) is 2.36. The number of nitriles is 1. The summed E-state index contributed by atoms with van der Waals surface area (Å²) in [4.78, 5) is 11.5. The molecule has 0 aromatic carbocycles. The monoisotopic (exact) mass is 265 g/mol. The third-order valence-electron chi connectivity index (χ3n) is 2.47. The summed E-state index contributed by atoms with van der Waals surface area (Å²) in [6.45, 7) is 1.39. The van der Waals surface area contributed by atoms with E-state index in [9.17, 15) is 0 Å². The van der Waals surface area contributed by atoms with Crippen molar-refractivity contribution in [2.45, 2.75) is 6.54 Å². The Labute approximate surface area is 110 Å². The van der Waals surface area contributed by atoms with Gasteiger partial charge in [0, 0.05) is 19.8 Å². The van der Waals surface area contributed by atoms with Gasteiger partial charge in [0.1, 0.15) is 18.6 Å². The van der Waals surface area contributed by atoms with Gasteiger partial charge >= 0.3 is 0 Å². The van der Waals surface area contributed by atoms with Gasteiger partial charge in [-0.15, -0.1) is 4.99 Å². The van der Waals surface area contributed by atoms with Gasteiger partial charge in [-0.3, -0.25) is 0 Å². The van der Waals surface area contributed by atoms with E-state index >= 15 is 0 Å². The van der Waals surface area contributed by atoms with Crippen LogP contribution in [0.3, 0.4) is 0 Å². The third-order valence-corrected chi connectivity index (χ3v) is 2.69. The SMILES string of the molecule is CN1COCN(Cc2ccc(Cl)nc2)C1=NC#N. The topological polar surface area (TPSA) is 64.8 Å². The molecule has 0 amide bonds. The molecule has 94 valence electrons. The van der Waals surface area contributed by atoms with Crippen LogP contribution in [0.2, 0.25) is 5.15 Å². The quantitative estimate of drug-likeness (QED) is 0.595. The number of aromatic nitrogens is 1. The smallest absolute Gasteiger partial charge is 0.216 e. The van der Waals surface area contributed by atoms with Crippen LogP contribution in [0.4, 0.5) is 0 Å². The molecule has 6 nitrogen and oxygen atoms in total. The van der Waals surface area contributed by atoms with Gasteiger partial charge in [-0.2, -0.15) is 5.26 Å². The van der Waals surface area contributed by atoms with Gasteiger partial charge < -0.3 is 14.5 Å². The van der Waals surface area contributed by atoms with Crippen molar-refractivity contribution in [2.24, 2.45) is 4.99 Å². The minimum Gasteiger partial charge on any atom is -0.341 e. The van der Waals surface area contributed by atoms with Crippen molar-refractivity contribution in [1.29, 1.82) is 5.26 Å². The molecule has 0 bridgehead atoms. The van der Waals surface area contributed by atoms with Crippen LogP contribution >= 0.6 is 11.6 Å². The van der Waals surface area contributed by atoms with E-state index < -0.39 is 0 Å². The van der Waals surface area contributed by atoms with Gasteiger partial charge in [0.05, 0.1) is 0 Å². The number of aliphatic imine (C=N–C) groups is 1. The molecule has 0 N–H and O–H groups in total. The molecule has 2 heterocycles. The highest BCUT2D eigenvalue weighted by molar-refractivity contribution is 6.29. The van der Waals surface area contributed by atoms with Crippen molar-refractivity contribution in [3.05, 3.63) is 29.0 Å². The van der Waals surface area contributed by atoms with E-state index in [1.54, 1.807) is 23.4 Å². The van der Waals surface area contributed by atoms with Crippen LogP contribution in [0.25, 0.3) is 0 Å². The van der Waals surface area contributed by atoms with Crippen molar-refractivity contribution in [1.82, 2.24) is 14.8 Å². The predicted molar refractivity (Wildman–Crippen MR) is 66.4 cm³/mol. The molecule has 2 rings (SSSR count). The van der Waals surface area contributed by atoms with Crippen molar-refractivity contribution in [2.75, 3.05) is 20.5 Å². The highest BCUT2D eigenvalue weighted by atomic mass is 35.5. The standard InChI is InChI=1S/C11H12ClN5O/c1-16-7-18-8-17(11(16)15-6-13)5-9-2-3-10(12)14-4-9/h2-4H,5,7-8H2,1H3. The maximum absolute atomic E-state index is 8.70. The van der Waals surface area contributed by atoms with E-state index in [-0.39, 0.29) is 0 Å². The van der Waals surface area contributed by atoms with E-state index in [0.717, 1.165) is 5.56 Å². The maximum atomic E-state index is 8.70. The lowest BCUT2D eigenvalue weighted by Crippen LogP contribution is -2.49. The van der Waals surface area contributed by atoms with Crippen LogP contribution in [-0.4, -0.2) is 41.3 Å². The number of halogens is 1. The van der Waals surface area contributed by atoms with Gasteiger partial charge in [-0.25, -0.2) is 4.98 Å². The number of rotatable bonds is 2. The summed E-state index contributed by atoms with van der Waals surface area (Å²) in [5.74, 6) is 0.596. The summed E-state index contributed by atoms with van der Waals surface area (Å²) in [6, 6.07) is 3.61. The summed E-state index contributed by atoms with van der Waals surface area (Å²) >= 11 is 5.73. The van der Waals surface area contributed by atoms with Gasteiger partial charge in [0.2, 0.25) is 12.2 Å². The van der Waals surface area contributed by atoms with Gasteiger partial charge in [0.25, 0.3) is 0 Å². The minimum absolute atomic E-state index is 0.396. The van der Waals surface area contributed by atoms with Crippen molar-refractivity contribution >= 4 is 17.6 Å². The third kappa shape index (κ3) is 2.88. The van der Waals surface area contributed by atoms with E-state index in [1.807, 2.05) is 18.0 Å². The average molecular weight is 266 g/mol. The molecule has 0 saturated carbocycles. The molecule has 1 aliphatic rings. The van der Waals surface area contributed by atoms with Crippen LogP contribution in [0.1, 0.15) is 5.56 Å². The van der Waals surface area contributed by atoms with Gasteiger partial charge in [-0.1, -0.05) is 17.7 Å².